The van der Waals surface area contributed by atoms with Crippen LogP contribution in [0.2, 0.25) is 0 Å². The van der Waals surface area contributed by atoms with E-state index in [2.05, 4.69) is 31.9 Å². The van der Waals surface area contributed by atoms with E-state index in [9.17, 15) is 24.0 Å². The number of primary amides is 1. The summed E-state index contributed by atoms with van der Waals surface area (Å²) in [7, 11) is 3.24. The summed E-state index contributed by atoms with van der Waals surface area (Å²) >= 11 is 0. The Bertz CT molecular complexity index is 3140. The number of carbonyl (C=O) groups is 8. The van der Waals surface area contributed by atoms with Crippen LogP contribution in [0, 0.1) is 22.5 Å². The lowest BCUT2D eigenvalue weighted by Gasteiger charge is -2.42. The van der Waals surface area contributed by atoms with Crippen molar-refractivity contribution in [2.75, 3.05) is 19.0 Å². The fourth-order valence-electron chi connectivity index (χ4n) is 10.5. The highest BCUT2D eigenvalue weighted by Gasteiger charge is 2.45. The molecular weight excluding hydrogens is 1070 g/mol. The fraction of sp³-hybridized carbons (Fsp3) is 0.406. The minimum absolute atomic E-state index is 0.00215. The number of carbonyl (C=O) groups excluding carboxylic acids is 8. The summed E-state index contributed by atoms with van der Waals surface area (Å²) in [6, 6.07) is 20.9. The predicted molar refractivity (Wildman–Crippen MR) is 316 cm³/mol. The molecule has 0 aliphatic carbocycles. The molecule has 8 amide bonds. The van der Waals surface area contributed by atoms with Gasteiger partial charge in [-0.3, -0.25) is 43.3 Å². The summed E-state index contributed by atoms with van der Waals surface area (Å²) in [5, 5.41) is 17.5. The molecule has 446 valence electrons. The van der Waals surface area contributed by atoms with Gasteiger partial charge in [0.1, 0.15) is 35.8 Å². The van der Waals surface area contributed by atoms with Crippen molar-refractivity contribution in [2.24, 2.45) is 16.6 Å². The lowest BCUT2D eigenvalue weighted by Crippen LogP contribution is -2.62. The van der Waals surface area contributed by atoms with Gasteiger partial charge in [-0.25, -0.2) is 8.78 Å². The van der Waals surface area contributed by atoms with Gasteiger partial charge in [-0.15, -0.1) is 0 Å². The third-order valence-electron chi connectivity index (χ3n) is 15.9. The molecule has 8 atom stereocenters. The Hall–Kier alpha value is -8.36. The molecule has 5 aromatic rings. The van der Waals surface area contributed by atoms with E-state index in [4.69, 9.17) is 5.73 Å². The molecule has 0 saturated carbocycles. The molecule has 5 aromatic carbocycles. The monoisotopic (exact) mass is 1150 g/mol. The van der Waals surface area contributed by atoms with Crippen molar-refractivity contribution in [3.8, 4) is 0 Å². The van der Waals surface area contributed by atoms with Crippen LogP contribution >= 0.6 is 0 Å². The Morgan fingerprint density at radius 3 is 1.24 bits per heavy atom. The second-order valence-corrected chi connectivity index (χ2v) is 24.0. The average Bonchev–Trinajstić information content (AvgIpc) is 1.77. The van der Waals surface area contributed by atoms with Gasteiger partial charge in [0, 0.05) is 59.6 Å². The predicted octanol–water partition coefficient (Wildman–Crippen LogP) is 6.58. The number of benzene rings is 5. The van der Waals surface area contributed by atoms with Crippen molar-refractivity contribution >= 4 is 58.6 Å². The van der Waals surface area contributed by atoms with Gasteiger partial charge in [0.05, 0.1) is 24.2 Å². The zero-order valence-corrected chi connectivity index (χ0v) is 49.8. The molecule has 0 radical (unpaired) electrons. The summed E-state index contributed by atoms with van der Waals surface area (Å²) in [5.74, 6) is -5.40. The van der Waals surface area contributed by atoms with Crippen LogP contribution in [0.25, 0.3) is 0 Å². The molecule has 2 aliphatic rings. The first-order chi connectivity index (χ1) is 39.5. The molecule has 84 heavy (non-hydrogen) atoms. The summed E-state index contributed by atoms with van der Waals surface area (Å²) in [4.78, 5) is 118. The van der Waals surface area contributed by atoms with Crippen molar-refractivity contribution in [2.45, 2.75) is 144 Å². The van der Waals surface area contributed by atoms with Crippen LogP contribution in [0.5, 0.6) is 0 Å². The Labute approximate surface area is 490 Å². The Morgan fingerprint density at radius 2 is 0.893 bits per heavy atom. The molecule has 0 fully saturated rings. The normalized spacial score (nSPS) is 17.2. The minimum atomic E-state index is -1.13. The van der Waals surface area contributed by atoms with Gasteiger partial charge in [0.25, 0.3) is 5.91 Å². The van der Waals surface area contributed by atoms with Gasteiger partial charge in [-0.1, -0.05) is 90.1 Å². The summed E-state index contributed by atoms with van der Waals surface area (Å²) < 4.78 is 30.2. The minimum Gasteiger partial charge on any atom is -0.366 e. The van der Waals surface area contributed by atoms with Crippen LogP contribution in [0.3, 0.4) is 0 Å². The van der Waals surface area contributed by atoms with Gasteiger partial charge in [0.2, 0.25) is 41.4 Å². The maximum atomic E-state index is 15.3. The van der Waals surface area contributed by atoms with E-state index in [1.54, 1.807) is 156 Å². The highest BCUT2D eigenvalue weighted by atomic mass is 19.1. The number of nitrogens with two attached hydrogens (primary N) is 1. The van der Waals surface area contributed by atoms with Crippen molar-refractivity contribution in [3.05, 3.63) is 165 Å². The smallest absolute Gasteiger partial charge is 0.262 e. The van der Waals surface area contributed by atoms with Crippen LogP contribution in [0.1, 0.15) is 135 Å². The van der Waals surface area contributed by atoms with Crippen molar-refractivity contribution < 1.29 is 47.1 Å². The number of halogens is 2. The van der Waals surface area contributed by atoms with Crippen LogP contribution in [-0.4, -0.2) is 107 Å². The third-order valence-corrected chi connectivity index (χ3v) is 15.9. The van der Waals surface area contributed by atoms with Gasteiger partial charge >= 0.3 is 0 Å². The summed E-state index contributed by atoms with van der Waals surface area (Å²) in [5.41, 5.74) is 7.78. The van der Waals surface area contributed by atoms with E-state index in [0.717, 1.165) is 0 Å². The highest BCUT2D eigenvalue weighted by molar-refractivity contribution is 6.11. The number of nitrogens with one attached hydrogen (secondary N) is 6. The second-order valence-electron chi connectivity index (χ2n) is 24.0. The van der Waals surface area contributed by atoms with Crippen LogP contribution < -0.4 is 42.5 Å². The quantitative estimate of drug-likeness (QED) is 0.0497. The van der Waals surface area contributed by atoms with Gasteiger partial charge in [-0.05, 0) is 136 Å². The molecule has 7 rings (SSSR count). The number of hydrogen-bond donors (Lipinski definition) is 7. The molecule has 0 spiro atoms. The number of anilines is 2. The maximum Gasteiger partial charge on any atom is 0.262 e. The van der Waals surface area contributed by atoms with Crippen molar-refractivity contribution in [1.29, 1.82) is 0 Å². The van der Waals surface area contributed by atoms with E-state index < -0.39 is 118 Å². The molecule has 8 N–H and O–H groups in total. The number of amides is 8. The standard InChI is InChI=1S/C64H78F2N10O8/c1-35(47-17-13-15-19-49(47)65)70-58(80)51-31-41-25-27-45(29-43(41)33-74(51)61(83)53(63(5,6)7)72-56(78)37(3)68-11)76(60(82)40-23-21-39(22-24-40)55(67)77)46-28-26-42-32-52(59(81)71-36(2)48-18-14-16-20-50(48)66)75(34-44(42)30-46)62(84)54(64(8,9)10)73-57(79)38(4)69-12/h13-30,35-38,51-54,68-69H,31-34H2,1-12H3,(H2,67,77)(H,70,80)(H,71,81)(H,72,78)(H,73,79)/t35-,36-,37+,38+,51+,52+,53-,54-/m1/s1. The first-order valence-corrected chi connectivity index (χ1v) is 28.2. The van der Waals surface area contributed by atoms with Crippen molar-refractivity contribution in [3.63, 3.8) is 0 Å². The van der Waals surface area contributed by atoms with Crippen LogP contribution in [0.15, 0.2) is 109 Å². The van der Waals surface area contributed by atoms with Crippen molar-refractivity contribution in [1.82, 2.24) is 41.7 Å². The number of rotatable bonds is 18. The second kappa shape index (κ2) is 26.1. The topological polar surface area (TPSA) is 244 Å². The molecule has 2 heterocycles. The zero-order chi connectivity index (χ0) is 61.7. The average molecular weight is 1150 g/mol. The Balaban J connectivity index is 1.34. The molecule has 18 nitrogen and oxygen atoms in total. The van der Waals surface area contributed by atoms with E-state index in [0.29, 0.717) is 33.6 Å². The van der Waals surface area contributed by atoms with E-state index in [1.165, 1.54) is 51.1 Å². The Morgan fingerprint density at radius 1 is 0.524 bits per heavy atom. The van der Waals surface area contributed by atoms with Gasteiger partial charge in [0.15, 0.2) is 0 Å². The molecule has 0 bridgehead atoms. The van der Waals surface area contributed by atoms with E-state index in [-0.39, 0.29) is 48.2 Å². The first-order valence-electron chi connectivity index (χ1n) is 28.2. The fourth-order valence-corrected chi connectivity index (χ4v) is 10.5. The van der Waals surface area contributed by atoms with Crippen LogP contribution in [-0.2, 0) is 54.7 Å². The van der Waals surface area contributed by atoms with E-state index in [1.807, 2.05) is 0 Å². The number of nitrogens with zero attached hydrogens (tertiary/aromatic N) is 3. The maximum absolute atomic E-state index is 15.3. The lowest BCUT2D eigenvalue weighted by atomic mass is 9.83. The molecule has 0 aromatic heterocycles. The first kappa shape index (κ1) is 63.2. The molecule has 20 heteroatoms. The molecular formula is C64H78F2N10O8. The van der Waals surface area contributed by atoms with Crippen LogP contribution in [0.4, 0.5) is 20.2 Å². The molecule has 0 unspecified atom stereocenters. The number of likely N-dealkylation sites (N-methyl/N-ethyl adjacent to an activating group) is 2. The van der Waals surface area contributed by atoms with Gasteiger partial charge < -0.3 is 47.4 Å². The Kier molecular flexibility index (Phi) is 19.6. The molecule has 0 saturated heterocycles. The third kappa shape index (κ3) is 14.2. The summed E-state index contributed by atoms with van der Waals surface area (Å²) in [6.07, 6.45) is -0.00430. The lowest BCUT2D eigenvalue weighted by molar-refractivity contribution is -0.147. The SMILES string of the molecule is CN[C@@H](C)C(=O)N[C@H](C(=O)N1Cc2cc(N(C(=O)c3ccc(C(N)=O)cc3)c3ccc4c(c3)CN(C(=O)[C@@H](NC(=O)[C@H](C)NC)C(C)(C)C)[C@H](C(=O)N[C@H](C)c3ccccc3F)C4)ccc2C[C@H]1C(=O)N[C@H](C)c1ccccc1F)C(C)(C)C. The van der Waals surface area contributed by atoms with E-state index >= 15 is 23.2 Å². The zero-order valence-electron chi connectivity index (χ0n) is 49.8. The largest absolute Gasteiger partial charge is 0.366 e. The van der Waals surface area contributed by atoms with Gasteiger partial charge in [-0.2, -0.15) is 0 Å². The highest BCUT2D eigenvalue weighted by Crippen LogP contribution is 2.38. The number of fused-ring (bicyclic) bond motifs is 2. The molecule has 2 aliphatic heterocycles. The summed E-state index contributed by atoms with van der Waals surface area (Å²) in [6.45, 7) is 17.1. The number of hydrogen-bond acceptors (Lipinski definition) is 10.